The normalized spacial score (nSPS) is 22.0. The Morgan fingerprint density at radius 3 is 2.46 bits per heavy atom. The fraction of sp³-hybridized carbons (Fsp3) is 0.636. The van der Waals surface area contributed by atoms with Crippen LogP contribution in [0, 0.1) is 5.41 Å². The predicted octanol–water partition coefficient (Wildman–Crippen LogP) is 1.48. The molecule has 1 aromatic carbocycles. The van der Waals surface area contributed by atoms with Gasteiger partial charge in [0, 0.05) is 45.8 Å². The number of benzene rings is 1. The van der Waals surface area contributed by atoms with Gasteiger partial charge < -0.3 is 15.5 Å². The molecule has 0 aromatic heterocycles. The summed E-state index contributed by atoms with van der Waals surface area (Å²) in [4.78, 5) is 21.1. The van der Waals surface area contributed by atoms with Crippen molar-refractivity contribution in [2.24, 2.45) is 10.4 Å². The molecular weight excluding hydrogens is 350 g/mol. The van der Waals surface area contributed by atoms with Gasteiger partial charge in [0.2, 0.25) is 5.91 Å². The topological polar surface area (TPSA) is 60.0 Å². The van der Waals surface area contributed by atoms with E-state index in [0.717, 1.165) is 57.9 Å². The Morgan fingerprint density at radius 1 is 1.14 bits per heavy atom. The van der Waals surface area contributed by atoms with Crippen LogP contribution in [0.25, 0.3) is 0 Å². The maximum atomic E-state index is 12.0. The number of nitrogens with one attached hydrogen (secondary N) is 2. The van der Waals surface area contributed by atoms with E-state index in [4.69, 9.17) is 0 Å². The molecule has 2 aliphatic carbocycles. The third-order valence-electron chi connectivity index (χ3n) is 6.19. The lowest BCUT2D eigenvalue weighted by molar-refractivity contribution is -0.122. The number of hydrogen-bond acceptors (Lipinski definition) is 3. The summed E-state index contributed by atoms with van der Waals surface area (Å²) in [6.45, 7) is 5.17. The third kappa shape index (κ3) is 5.25. The van der Waals surface area contributed by atoms with E-state index in [9.17, 15) is 4.79 Å². The molecule has 6 heteroatoms. The molecule has 0 unspecified atom stereocenters. The second kappa shape index (κ2) is 8.52. The number of amides is 1. The molecule has 0 bridgehead atoms. The van der Waals surface area contributed by atoms with E-state index in [1.165, 1.54) is 18.4 Å². The number of rotatable bonds is 7. The van der Waals surface area contributed by atoms with Gasteiger partial charge in [-0.05, 0) is 43.1 Å². The Balaban J connectivity index is 1.21. The lowest BCUT2D eigenvalue weighted by Crippen LogP contribution is -2.54. The summed E-state index contributed by atoms with van der Waals surface area (Å²) in [7, 11) is 1.87. The van der Waals surface area contributed by atoms with Crippen LogP contribution in [-0.2, 0) is 11.2 Å². The maximum absolute atomic E-state index is 12.0. The molecule has 2 saturated carbocycles. The molecule has 28 heavy (non-hydrogen) atoms. The fourth-order valence-electron chi connectivity index (χ4n) is 4.04. The SMILES string of the molecule is CN=C(NCC1(Cc2ccccc2)CC1)N1CCN(CC(=O)NC2CC2)CC1. The Bertz CT molecular complexity index is 688. The standard InChI is InChI=1S/C22H33N5O/c1-23-21(24-17-22(9-10-22)15-18-5-3-2-4-6-18)27-13-11-26(12-14-27)16-20(28)25-19-7-8-19/h2-6,19H,7-17H2,1H3,(H,23,24)(H,25,28). The van der Waals surface area contributed by atoms with Crippen molar-refractivity contribution in [2.45, 2.75) is 38.1 Å². The van der Waals surface area contributed by atoms with Crippen molar-refractivity contribution in [3.05, 3.63) is 35.9 Å². The molecule has 3 fully saturated rings. The van der Waals surface area contributed by atoms with Gasteiger partial charge in [-0.25, -0.2) is 0 Å². The quantitative estimate of drug-likeness (QED) is 0.553. The second-order valence-corrected chi connectivity index (χ2v) is 8.67. The van der Waals surface area contributed by atoms with Gasteiger partial charge in [0.15, 0.2) is 5.96 Å². The van der Waals surface area contributed by atoms with E-state index in [0.29, 0.717) is 18.0 Å². The summed E-state index contributed by atoms with van der Waals surface area (Å²) in [5, 5.41) is 6.71. The Hall–Kier alpha value is -2.08. The van der Waals surface area contributed by atoms with E-state index < -0.39 is 0 Å². The summed E-state index contributed by atoms with van der Waals surface area (Å²) in [5.41, 5.74) is 1.81. The molecule has 1 saturated heterocycles. The number of carbonyl (C=O) groups excluding carboxylic acids is 1. The first-order chi connectivity index (χ1) is 13.7. The molecule has 1 aliphatic heterocycles. The van der Waals surface area contributed by atoms with Crippen molar-refractivity contribution >= 4 is 11.9 Å². The molecule has 0 spiro atoms. The molecule has 152 valence electrons. The molecule has 4 rings (SSSR count). The van der Waals surface area contributed by atoms with E-state index in [1.807, 2.05) is 7.05 Å². The largest absolute Gasteiger partial charge is 0.356 e. The van der Waals surface area contributed by atoms with Crippen LogP contribution in [0.5, 0.6) is 0 Å². The van der Waals surface area contributed by atoms with Crippen LogP contribution in [0.2, 0.25) is 0 Å². The monoisotopic (exact) mass is 383 g/mol. The van der Waals surface area contributed by atoms with Crippen LogP contribution in [-0.4, -0.2) is 74.0 Å². The van der Waals surface area contributed by atoms with Crippen molar-refractivity contribution in [1.29, 1.82) is 0 Å². The highest BCUT2D eigenvalue weighted by Crippen LogP contribution is 2.47. The Labute approximate surface area is 168 Å². The fourth-order valence-corrected chi connectivity index (χ4v) is 4.04. The van der Waals surface area contributed by atoms with Gasteiger partial charge in [0.25, 0.3) is 0 Å². The van der Waals surface area contributed by atoms with Gasteiger partial charge in [-0.2, -0.15) is 0 Å². The molecular formula is C22H33N5O. The first-order valence-electron chi connectivity index (χ1n) is 10.7. The Kier molecular flexibility index (Phi) is 5.85. The van der Waals surface area contributed by atoms with Crippen molar-refractivity contribution in [3.63, 3.8) is 0 Å². The minimum absolute atomic E-state index is 0.176. The molecule has 3 aliphatic rings. The molecule has 1 heterocycles. The van der Waals surface area contributed by atoms with E-state index >= 15 is 0 Å². The van der Waals surface area contributed by atoms with Gasteiger partial charge in [0.1, 0.15) is 0 Å². The smallest absolute Gasteiger partial charge is 0.234 e. The van der Waals surface area contributed by atoms with Crippen molar-refractivity contribution in [2.75, 3.05) is 46.3 Å². The number of nitrogens with zero attached hydrogens (tertiary/aromatic N) is 3. The predicted molar refractivity (Wildman–Crippen MR) is 112 cm³/mol. The van der Waals surface area contributed by atoms with Gasteiger partial charge in [-0.3, -0.25) is 14.7 Å². The zero-order chi connectivity index (χ0) is 19.4. The summed E-state index contributed by atoms with van der Waals surface area (Å²) >= 11 is 0. The van der Waals surface area contributed by atoms with Crippen molar-refractivity contribution in [1.82, 2.24) is 20.4 Å². The third-order valence-corrected chi connectivity index (χ3v) is 6.19. The highest BCUT2D eigenvalue weighted by molar-refractivity contribution is 5.80. The zero-order valence-electron chi connectivity index (χ0n) is 17.0. The number of piperazine rings is 1. The Morgan fingerprint density at radius 2 is 1.86 bits per heavy atom. The summed E-state index contributed by atoms with van der Waals surface area (Å²) in [5.74, 6) is 1.18. The van der Waals surface area contributed by atoms with Gasteiger partial charge in [-0.15, -0.1) is 0 Å². The molecule has 0 radical (unpaired) electrons. The lowest BCUT2D eigenvalue weighted by atomic mass is 9.96. The number of carbonyl (C=O) groups is 1. The minimum atomic E-state index is 0.176. The van der Waals surface area contributed by atoms with Crippen LogP contribution in [0.3, 0.4) is 0 Å². The summed E-state index contributed by atoms with van der Waals surface area (Å²) in [6, 6.07) is 11.2. The van der Waals surface area contributed by atoms with Crippen LogP contribution in [0.1, 0.15) is 31.2 Å². The average Bonchev–Trinajstić information content (AvgIpc) is 3.63. The molecule has 2 N–H and O–H groups in total. The van der Waals surface area contributed by atoms with Crippen LogP contribution >= 0.6 is 0 Å². The highest BCUT2D eigenvalue weighted by Gasteiger charge is 2.42. The van der Waals surface area contributed by atoms with Crippen LogP contribution < -0.4 is 10.6 Å². The molecule has 0 atom stereocenters. The highest BCUT2D eigenvalue weighted by atomic mass is 16.2. The summed E-state index contributed by atoms with van der Waals surface area (Å²) < 4.78 is 0. The van der Waals surface area contributed by atoms with E-state index in [2.05, 4.69) is 55.8 Å². The van der Waals surface area contributed by atoms with Crippen LogP contribution in [0.4, 0.5) is 0 Å². The van der Waals surface area contributed by atoms with Gasteiger partial charge in [0.05, 0.1) is 6.54 Å². The van der Waals surface area contributed by atoms with E-state index in [1.54, 1.807) is 0 Å². The maximum Gasteiger partial charge on any atom is 0.234 e. The lowest BCUT2D eigenvalue weighted by Gasteiger charge is -2.36. The molecule has 1 amide bonds. The van der Waals surface area contributed by atoms with Gasteiger partial charge in [-0.1, -0.05) is 30.3 Å². The van der Waals surface area contributed by atoms with Crippen molar-refractivity contribution < 1.29 is 4.79 Å². The van der Waals surface area contributed by atoms with Crippen molar-refractivity contribution in [3.8, 4) is 0 Å². The zero-order valence-corrected chi connectivity index (χ0v) is 17.0. The average molecular weight is 384 g/mol. The number of hydrogen-bond donors (Lipinski definition) is 2. The summed E-state index contributed by atoms with van der Waals surface area (Å²) in [6.07, 6.45) is 6.01. The molecule has 1 aromatic rings. The molecule has 6 nitrogen and oxygen atoms in total. The minimum Gasteiger partial charge on any atom is -0.356 e. The van der Waals surface area contributed by atoms with Gasteiger partial charge >= 0.3 is 0 Å². The number of aliphatic imine (C=N–C) groups is 1. The van der Waals surface area contributed by atoms with E-state index in [-0.39, 0.29) is 5.91 Å². The second-order valence-electron chi connectivity index (χ2n) is 8.67. The van der Waals surface area contributed by atoms with Crippen LogP contribution in [0.15, 0.2) is 35.3 Å². The first-order valence-corrected chi connectivity index (χ1v) is 10.7. The number of guanidine groups is 1. The first kappa shape index (κ1) is 19.2.